The van der Waals surface area contributed by atoms with Crippen LogP contribution in [0.3, 0.4) is 0 Å². The minimum absolute atomic E-state index is 0.156. The average Bonchev–Trinajstić information content (AvgIpc) is 2.69. The molecular weight excluding hydrogens is 374 g/mol. The number of amides is 3. The Balaban J connectivity index is 1.93. The van der Waals surface area contributed by atoms with E-state index in [0.717, 1.165) is 19.3 Å². The normalized spacial score (nSPS) is 16.0. The summed E-state index contributed by atoms with van der Waals surface area (Å²) in [6, 6.07) is 4.72. The van der Waals surface area contributed by atoms with Crippen molar-refractivity contribution in [2.45, 2.75) is 56.6 Å². The third-order valence-corrected chi connectivity index (χ3v) is 4.84. The van der Waals surface area contributed by atoms with Crippen LogP contribution in [0.25, 0.3) is 0 Å². The number of aliphatic hydroxyl groups is 1. The molecule has 0 bridgehead atoms. The summed E-state index contributed by atoms with van der Waals surface area (Å²) in [5, 5.41) is 24.5. The number of primary amides is 1. The van der Waals surface area contributed by atoms with Crippen molar-refractivity contribution in [3.05, 3.63) is 35.4 Å². The van der Waals surface area contributed by atoms with Gasteiger partial charge in [0, 0.05) is 17.7 Å². The summed E-state index contributed by atoms with van der Waals surface area (Å²) in [5.74, 6) is 4.23. The molecule has 0 aromatic heterocycles. The van der Waals surface area contributed by atoms with Crippen LogP contribution >= 0.6 is 0 Å². The van der Waals surface area contributed by atoms with Gasteiger partial charge in [-0.2, -0.15) is 0 Å². The van der Waals surface area contributed by atoms with Gasteiger partial charge in [0.05, 0.1) is 0 Å². The second kappa shape index (κ2) is 10.5. The Bertz CT molecular complexity index is 789. The molecule has 3 amide bonds. The molecule has 1 aliphatic rings. The number of aliphatic carboxylic acids is 1. The van der Waals surface area contributed by atoms with Gasteiger partial charge in [-0.15, -0.1) is 0 Å². The lowest BCUT2D eigenvalue weighted by molar-refractivity contribution is -0.139. The second-order valence-corrected chi connectivity index (χ2v) is 7.22. The number of carboxylic acid groups (broad SMARTS) is 1. The molecule has 8 heteroatoms. The number of nitrogens with one attached hydrogen (secondary N) is 2. The van der Waals surface area contributed by atoms with Crippen LogP contribution in [-0.4, -0.2) is 46.3 Å². The highest BCUT2D eigenvalue weighted by Gasteiger charge is 2.26. The van der Waals surface area contributed by atoms with E-state index in [2.05, 4.69) is 22.5 Å². The van der Waals surface area contributed by atoms with E-state index in [-0.39, 0.29) is 13.0 Å². The van der Waals surface area contributed by atoms with Crippen molar-refractivity contribution >= 4 is 17.9 Å². The molecule has 29 heavy (non-hydrogen) atoms. The van der Waals surface area contributed by atoms with Gasteiger partial charge in [0.25, 0.3) is 5.91 Å². The maximum atomic E-state index is 12.3. The molecule has 0 unspecified atom stereocenters. The van der Waals surface area contributed by atoms with E-state index in [1.54, 1.807) is 24.3 Å². The van der Waals surface area contributed by atoms with E-state index in [4.69, 9.17) is 5.73 Å². The number of hydrogen-bond acceptors (Lipinski definition) is 4. The second-order valence-electron chi connectivity index (χ2n) is 7.22. The Morgan fingerprint density at radius 3 is 2.38 bits per heavy atom. The average molecular weight is 401 g/mol. The fourth-order valence-corrected chi connectivity index (χ4v) is 3.17. The van der Waals surface area contributed by atoms with Crippen LogP contribution in [0.1, 0.15) is 60.9 Å². The van der Waals surface area contributed by atoms with Gasteiger partial charge in [0.15, 0.2) is 0 Å². The summed E-state index contributed by atoms with van der Waals surface area (Å²) in [7, 11) is 0. The van der Waals surface area contributed by atoms with Gasteiger partial charge in [-0.05, 0) is 62.8 Å². The maximum Gasteiger partial charge on any atom is 0.326 e. The van der Waals surface area contributed by atoms with Crippen LogP contribution in [0.5, 0.6) is 0 Å². The topological polar surface area (TPSA) is 142 Å². The first kappa shape index (κ1) is 22.2. The molecule has 0 spiro atoms. The zero-order chi connectivity index (χ0) is 21.3. The summed E-state index contributed by atoms with van der Waals surface area (Å²) in [6.07, 6.45) is 4.91. The van der Waals surface area contributed by atoms with E-state index in [1.165, 1.54) is 0 Å². The molecule has 0 heterocycles. The molecule has 0 aliphatic heterocycles. The number of rotatable bonds is 7. The first-order valence-corrected chi connectivity index (χ1v) is 9.72. The molecular formula is C21H27N3O5. The molecule has 1 saturated carbocycles. The van der Waals surface area contributed by atoms with Crippen molar-refractivity contribution in [2.24, 2.45) is 5.73 Å². The molecule has 0 saturated heterocycles. The van der Waals surface area contributed by atoms with Crippen molar-refractivity contribution in [3.8, 4) is 11.8 Å². The highest BCUT2D eigenvalue weighted by Crippen LogP contribution is 2.27. The highest BCUT2D eigenvalue weighted by molar-refractivity contribution is 5.96. The van der Waals surface area contributed by atoms with E-state index in [0.29, 0.717) is 30.4 Å². The van der Waals surface area contributed by atoms with Crippen LogP contribution in [0.4, 0.5) is 4.79 Å². The summed E-state index contributed by atoms with van der Waals surface area (Å²) in [5.41, 5.74) is 5.00. The third-order valence-electron chi connectivity index (χ3n) is 4.84. The van der Waals surface area contributed by atoms with Crippen LogP contribution in [-0.2, 0) is 4.79 Å². The van der Waals surface area contributed by atoms with Crippen LogP contribution < -0.4 is 16.4 Å². The van der Waals surface area contributed by atoms with E-state index in [1.807, 2.05) is 0 Å². The predicted molar refractivity (Wildman–Crippen MR) is 107 cm³/mol. The molecule has 6 N–H and O–H groups in total. The lowest BCUT2D eigenvalue weighted by atomic mass is 9.85. The summed E-state index contributed by atoms with van der Waals surface area (Å²) >= 11 is 0. The van der Waals surface area contributed by atoms with Crippen molar-refractivity contribution in [3.63, 3.8) is 0 Å². The van der Waals surface area contributed by atoms with E-state index in [9.17, 15) is 24.6 Å². The smallest absolute Gasteiger partial charge is 0.326 e. The Morgan fingerprint density at radius 1 is 1.14 bits per heavy atom. The highest BCUT2D eigenvalue weighted by atomic mass is 16.4. The van der Waals surface area contributed by atoms with Crippen molar-refractivity contribution in [1.29, 1.82) is 0 Å². The molecule has 2 rings (SSSR count). The summed E-state index contributed by atoms with van der Waals surface area (Å²) in [6.45, 7) is 0.231. The quantitative estimate of drug-likeness (QED) is 0.346. The van der Waals surface area contributed by atoms with E-state index >= 15 is 0 Å². The largest absolute Gasteiger partial charge is 0.480 e. The minimum Gasteiger partial charge on any atom is -0.480 e. The lowest BCUT2D eigenvalue weighted by Crippen LogP contribution is -2.41. The molecule has 156 valence electrons. The Labute approximate surface area is 169 Å². The van der Waals surface area contributed by atoms with Gasteiger partial charge in [-0.25, -0.2) is 9.59 Å². The SMILES string of the molecule is NC(=O)NCCC[C@H](NC(=O)c1ccc(C#CC2(O)CCCCC2)cc1)C(=O)O. The number of carbonyl (C=O) groups excluding carboxylic acids is 2. The number of nitrogens with two attached hydrogens (primary N) is 1. The Kier molecular flexibility index (Phi) is 8.04. The number of carbonyl (C=O) groups is 3. The van der Waals surface area contributed by atoms with Crippen LogP contribution in [0.2, 0.25) is 0 Å². The molecule has 1 atom stereocenters. The van der Waals surface area contributed by atoms with Crippen LogP contribution in [0.15, 0.2) is 24.3 Å². The Morgan fingerprint density at radius 2 is 1.79 bits per heavy atom. The van der Waals surface area contributed by atoms with E-state index < -0.39 is 29.6 Å². The van der Waals surface area contributed by atoms with Gasteiger partial charge < -0.3 is 26.6 Å². The molecule has 8 nitrogen and oxygen atoms in total. The van der Waals surface area contributed by atoms with Crippen molar-refractivity contribution < 1.29 is 24.6 Å². The monoisotopic (exact) mass is 401 g/mol. The van der Waals surface area contributed by atoms with Gasteiger partial charge in [0.1, 0.15) is 11.6 Å². The number of urea groups is 1. The fourth-order valence-electron chi connectivity index (χ4n) is 3.17. The molecule has 1 aliphatic carbocycles. The number of benzene rings is 1. The van der Waals surface area contributed by atoms with Crippen molar-refractivity contribution in [2.75, 3.05) is 6.54 Å². The maximum absolute atomic E-state index is 12.3. The lowest BCUT2D eigenvalue weighted by Gasteiger charge is -2.26. The van der Waals surface area contributed by atoms with Gasteiger partial charge in [-0.3, -0.25) is 4.79 Å². The molecule has 1 fully saturated rings. The first-order chi connectivity index (χ1) is 13.8. The minimum atomic E-state index is -1.15. The predicted octanol–water partition coefficient (Wildman–Crippen LogP) is 1.36. The molecule has 0 radical (unpaired) electrons. The fraction of sp³-hybridized carbons (Fsp3) is 0.476. The van der Waals surface area contributed by atoms with Gasteiger partial charge in [0.2, 0.25) is 0 Å². The first-order valence-electron chi connectivity index (χ1n) is 9.72. The Hall–Kier alpha value is -3.05. The van der Waals surface area contributed by atoms with Gasteiger partial charge in [-0.1, -0.05) is 18.3 Å². The zero-order valence-corrected chi connectivity index (χ0v) is 16.2. The van der Waals surface area contributed by atoms with Crippen molar-refractivity contribution in [1.82, 2.24) is 10.6 Å². The van der Waals surface area contributed by atoms with Gasteiger partial charge >= 0.3 is 12.0 Å². The molecule has 1 aromatic rings. The number of hydrogen-bond donors (Lipinski definition) is 5. The summed E-state index contributed by atoms with van der Waals surface area (Å²) < 4.78 is 0. The zero-order valence-electron chi connectivity index (χ0n) is 16.2. The third kappa shape index (κ3) is 7.47. The summed E-state index contributed by atoms with van der Waals surface area (Å²) in [4.78, 5) is 34.3. The molecule has 1 aromatic carbocycles. The van der Waals surface area contributed by atoms with Crippen LogP contribution in [0, 0.1) is 11.8 Å². The number of carboxylic acids is 1. The standard InChI is InChI=1S/C21H27N3O5/c22-20(28)23-14-4-5-17(19(26)27)24-18(25)16-8-6-15(7-9-16)10-13-21(29)11-2-1-3-12-21/h6-9,17,29H,1-5,11-12,14H2,(H,24,25)(H,26,27)(H3,22,23,28)/t17-/m0/s1.